The van der Waals surface area contributed by atoms with E-state index in [4.69, 9.17) is 9.47 Å². The number of hydrogen-bond donors (Lipinski definition) is 0. The van der Waals surface area contributed by atoms with Crippen molar-refractivity contribution < 1.29 is 19.1 Å². The van der Waals surface area contributed by atoms with Crippen LogP contribution in [0.5, 0.6) is 0 Å². The highest BCUT2D eigenvalue weighted by atomic mass is 32.2. The van der Waals surface area contributed by atoms with Crippen molar-refractivity contribution in [1.82, 2.24) is 0 Å². The standard InChI is InChI=1S/C13H20O4S2/c1-10(2)12(15)16-6-5-11(14)17-13(3)9-18-7-4-8-19-13/h1,4-9H2,2-3H3. The highest BCUT2D eigenvalue weighted by Gasteiger charge is 2.30. The van der Waals surface area contributed by atoms with Gasteiger partial charge in [-0.15, -0.1) is 11.8 Å². The van der Waals surface area contributed by atoms with Crippen molar-refractivity contribution in [3.05, 3.63) is 12.2 Å². The summed E-state index contributed by atoms with van der Waals surface area (Å²) in [5, 5.41) is 0. The summed E-state index contributed by atoms with van der Waals surface area (Å²) in [4.78, 5) is 22.4. The summed E-state index contributed by atoms with van der Waals surface area (Å²) in [7, 11) is 0. The van der Waals surface area contributed by atoms with Gasteiger partial charge >= 0.3 is 11.9 Å². The molecule has 4 nitrogen and oxygen atoms in total. The Hall–Kier alpha value is -0.620. The van der Waals surface area contributed by atoms with E-state index in [1.165, 1.54) is 0 Å². The minimum absolute atomic E-state index is 0.0401. The summed E-state index contributed by atoms with van der Waals surface area (Å²) >= 11 is 3.48. The van der Waals surface area contributed by atoms with E-state index in [0.29, 0.717) is 5.57 Å². The van der Waals surface area contributed by atoms with Gasteiger partial charge in [0.2, 0.25) is 0 Å². The first-order valence-corrected chi connectivity index (χ1v) is 8.33. The normalized spacial score (nSPS) is 23.3. The second-order valence-electron chi connectivity index (χ2n) is 4.53. The Morgan fingerprint density at radius 2 is 2.11 bits per heavy atom. The molecule has 0 aliphatic carbocycles. The highest BCUT2D eigenvalue weighted by Crippen LogP contribution is 2.34. The number of thioether (sulfide) groups is 2. The average Bonchev–Trinajstić information content (AvgIpc) is 2.53. The molecule has 0 aromatic rings. The molecule has 1 saturated heterocycles. The molecule has 6 heteroatoms. The molecular weight excluding hydrogens is 284 g/mol. The maximum atomic E-state index is 11.7. The summed E-state index contributed by atoms with van der Waals surface area (Å²) in [6.45, 7) is 7.02. The Labute approximate surface area is 122 Å². The van der Waals surface area contributed by atoms with Crippen molar-refractivity contribution in [2.75, 3.05) is 23.9 Å². The predicted octanol–water partition coefficient (Wildman–Crippen LogP) is 2.63. The molecule has 0 aromatic heterocycles. The Balaban J connectivity index is 2.30. The molecule has 0 spiro atoms. The van der Waals surface area contributed by atoms with Crippen molar-refractivity contribution in [3.63, 3.8) is 0 Å². The van der Waals surface area contributed by atoms with E-state index in [2.05, 4.69) is 6.58 Å². The van der Waals surface area contributed by atoms with Crippen LogP contribution < -0.4 is 0 Å². The highest BCUT2D eigenvalue weighted by molar-refractivity contribution is 8.04. The molecule has 1 aliphatic heterocycles. The monoisotopic (exact) mass is 304 g/mol. The second kappa shape index (κ2) is 7.85. The molecular formula is C13H20O4S2. The summed E-state index contributed by atoms with van der Waals surface area (Å²) in [5.41, 5.74) is 0.330. The third-order valence-corrected chi connectivity index (χ3v) is 5.27. The first kappa shape index (κ1) is 16.4. The van der Waals surface area contributed by atoms with Crippen molar-refractivity contribution in [3.8, 4) is 0 Å². The van der Waals surface area contributed by atoms with Crippen molar-refractivity contribution in [1.29, 1.82) is 0 Å². The first-order chi connectivity index (χ1) is 8.93. The third kappa shape index (κ3) is 6.38. The van der Waals surface area contributed by atoms with E-state index in [-0.39, 0.29) is 19.0 Å². The van der Waals surface area contributed by atoms with Crippen LogP contribution in [0.2, 0.25) is 0 Å². The lowest BCUT2D eigenvalue weighted by Crippen LogP contribution is -2.31. The molecule has 0 bridgehead atoms. The average molecular weight is 304 g/mol. The Kier molecular flexibility index (Phi) is 6.79. The smallest absolute Gasteiger partial charge is 0.333 e. The summed E-state index contributed by atoms with van der Waals surface area (Å²) in [6.07, 6.45) is 1.22. The number of rotatable bonds is 5. The van der Waals surface area contributed by atoms with Crippen LogP contribution in [0.4, 0.5) is 0 Å². The lowest BCUT2D eigenvalue weighted by molar-refractivity contribution is -0.152. The van der Waals surface area contributed by atoms with Crippen molar-refractivity contribution in [2.24, 2.45) is 0 Å². The van der Waals surface area contributed by atoms with Gasteiger partial charge in [0.05, 0.1) is 6.42 Å². The largest absolute Gasteiger partial charge is 0.462 e. The SMILES string of the molecule is C=C(C)C(=O)OCCC(=O)OC1(C)CSCCCS1. The fourth-order valence-electron chi connectivity index (χ4n) is 1.45. The van der Waals surface area contributed by atoms with Gasteiger partial charge in [0.1, 0.15) is 6.61 Å². The molecule has 1 rings (SSSR count). The van der Waals surface area contributed by atoms with Gasteiger partial charge in [-0.25, -0.2) is 4.79 Å². The topological polar surface area (TPSA) is 52.6 Å². The zero-order chi connectivity index (χ0) is 14.3. The number of hydrogen-bond acceptors (Lipinski definition) is 6. The van der Waals surface area contributed by atoms with Gasteiger partial charge in [-0.3, -0.25) is 4.79 Å². The maximum absolute atomic E-state index is 11.7. The molecule has 108 valence electrons. The molecule has 1 atom stereocenters. The lowest BCUT2D eigenvalue weighted by Gasteiger charge is -2.26. The quantitative estimate of drug-likeness (QED) is 0.575. The summed E-state index contributed by atoms with van der Waals surface area (Å²) in [6, 6.07) is 0. The molecule has 0 amide bonds. The van der Waals surface area contributed by atoms with Crippen LogP contribution in [0.3, 0.4) is 0 Å². The Morgan fingerprint density at radius 1 is 1.37 bits per heavy atom. The van der Waals surface area contributed by atoms with E-state index in [9.17, 15) is 9.59 Å². The lowest BCUT2D eigenvalue weighted by atomic mass is 10.3. The van der Waals surface area contributed by atoms with Crippen LogP contribution in [0.1, 0.15) is 26.7 Å². The van der Waals surface area contributed by atoms with Gasteiger partial charge in [0.15, 0.2) is 4.93 Å². The van der Waals surface area contributed by atoms with E-state index in [0.717, 1.165) is 23.7 Å². The Bertz CT molecular complexity index is 347. The fraction of sp³-hybridized carbons (Fsp3) is 0.692. The van der Waals surface area contributed by atoms with E-state index < -0.39 is 10.9 Å². The van der Waals surface area contributed by atoms with Crippen LogP contribution in [0.25, 0.3) is 0 Å². The fourth-order valence-corrected chi connectivity index (χ4v) is 4.01. The van der Waals surface area contributed by atoms with Gasteiger partial charge in [0.25, 0.3) is 0 Å². The summed E-state index contributed by atoms with van der Waals surface area (Å²) < 4.78 is 10.4. The summed E-state index contributed by atoms with van der Waals surface area (Å²) in [5.74, 6) is 2.11. The van der Waals surface area contributed by atoms with Crippen LogP contribution in [-0.2, 0) is 19.1 Å². The maximum Gasteiger partial charge on any atom is 0.333 e. The van der Waals surface area contributed by atoms with E-state index in [1.807, 2.05) is 6.92 Å². The molecule has 0 N–H and O–H groups in total. The molecule has 1 unspecified atom stereocenters. The van der Waals surface area contributed by atoms with Gasteiger partial charge < -0.3 is 9.47 Å². The first-order valence-electron chi connectivity index (χ1n) is 6.19. The molecule has 1 fully saturated rings. The molecule has 1 aliphatic rings. The zero-order valence-electron chi connectivity index (χ0n) is 11.4. The molecule has 19 heavy (non-hydrogen) atoms. The molecule has 0 saturated carbocycles. The van der Waals surface area contributed by atoms with E-state index in [1.54, 1.807) is 30.4 Å². The van der Waals surface area contributed by atoms with Crippen LogP contribution in [-0.4, -0.2) is 40.7 Å². The number of carbonyl (C=O) groups is 2. The molecule has 1 heterocycles. The molecule has 0 aromatic carbocycles. The number of carbonyl (C=O) groups excluding carboxylic acids is 2. The van der Waals surface area contributed by atoms with Crippen molar-refractivity contribution >= 4 is 35.5 Å². The number of ether oxygens (including phenoxy) is 2. The van der Waals surface area contributed by atoms with Crippen LogP contribution in [0, 0.1) is 0 Å². The predicted molar refractivity (Wildman–Crippen MR) is 79.3 cm³/mol. The third-order valence-electron chi connectivity index (χ3n) is 2.42. The van der Waals surface area contributed by atoms with Crippen LogP contribution >= 0.6 is 23.5 Å². The second-order valence-corrected chi connectivity index (χ2v) is 7.19. The Morgan fingerprint density at radius 3 is 2.79 bits per heavy atom. The minimum Gasteiger partial charge on any atom is -0.462 e. The zero-order valence-corrected chi connectivity index (χ0v) is 13.0. The van der Waals surface area contributed by atoms with Crippen molar-refractivity contribution in [2.45, 2.75) is 31.6 Å². The van der Waals surface area contributed by atoms with Gasteiger partial charge in [-0.1, -0.05) is 6.58 Å². The molecule has 0 radical (unpaired) electrons. The van der Waals surface area contributed by atoms with E-state index >= 15 is 0 Å². The van der Waals surface area contributed by atoms with Gasteiger partial charge in [0, 0.05) is 11.3 Å². The van der Waals surface area contributed by atoms with Crippen LogP contribution in [0.15, 0.2) is 12.2 Å². The van der Waals surface area contributed by atoms with Gasteiger partial charge in [-0.2, -0.15) is 11.8 Å². The minimum atomic E-state index is -0.474. The number of esters is 2. The van der Waals surface area contributed by atoms with Gasteiger partial charge in [-0.05, 0) is 31.8 Å².